The molecule has 1 aliphatic carbocycles. The Balaban J connectivity index is 1.24. The van der Waals surface area contributed by atoms with Crippen molar-refractivity contribution in [2.45, 2.75) is 19.4 Å². The molecule has 2 aromatic carbocycles. The van der Waals surface area contributed by atoms with E-state index in [1.165, 1.54) is 11.3 Å². The molecule has 2 amide bonds. The summed E-state index contributed by atoms with van der Waals surface area (Å²) in [5.74, 6) is 0.583. The number of hydrogen-bond donors (Lipinski definition) is 1. The van der Waals surface area contributed by atoms with E-state index in [0.29, 0.717) is 47.3 Å². The monoisotopic (exact) mass is 482 g/mol. The van der Waals surface area contributed by atoms with Crippen LogP contribution in [-0.2, 0) is 0 Å². The van der Waals surface area contributed by atoms with E-state index in [1.807, 2.05) is 30.0 Å². The average Bonchev–Trinajstić information content (AvgIpc) is 3.20. The van der Waals surface area contributed by atoms with Gasteiger partial charge in [-0.1, -0.05) is 18.2 Å². The van der Waals surface area contributed by atoms with E-state index in [2.05, 4.69) is 16.4 Å². The number of aryl methyl sites for hydroxylation is 1. The Morgan fingerprint density at radius 3 is 2.97 bits per heavy atom. The zero-order valence-corrected chi connectivity index (χ0v) is 19.8. The van der Waals surface area contributed by atoms with Crippen LogP contribution in [0.2, 0.25) is 0 Å². The van der Waals surface area contributed by atoms with Crippen LogP contribution in [0.5, 0.6) is 0 Å². The minimum absolute atomic E-state index is 0.0692. The van der Waals surface area contributed by atoms with Crippen molar-refractivity contribution >= 4 is 34.1 Å². The number of piperidine rings is 1. The number of benzene rings is 2. The van der Waals surface area contributed by atoms with Crippen LogP contribution in [0.1, 0.15) is 37.8 Å². The summed E-state index contributed by atoms with van der Waals surface area (Å²) in [6.07, 6.45) is 2.65. The molecule has 174 valence electrons. The minimum Gasteiger partial charge on any atom is -0.464 e. The van der Waals surface area contributed by atoms with E-state index in [-0.39, 0.29) is 17.9 Å². The summed E-state index contributed by atoms with van der Waals surface area (Å²) in [6, 6.07) is 16.6. The lowest BCUT2D eigenvalue weighted by Gasteiger charge is -2.27. The highest BCUT2D eigenvalue weighted by Crippen LogP contribution is 2.50. The number of rotatable bonds is 5. The molecule has 1 aliphatic heterocycles. The van der Waals surface area contributed by atoms with Crippen molar-refractivity contribution in [3.63, 3.8) is 0 Å². The van der Waals surface area contributed by atoms with Gasteiger partial charge >= 0.3 is 0 Å². The van der Waals surface area contributed by atoms with Gasteiger partial charge in [-0.05, 0) is 61.1 Å². The van der Waals surface area contributed by atoms with Crippen LogP contribution >= 0.6 is 11.3 Å². The second kappa shape index (κ2) is 8.36. The maximum atomic E-state index is 13.7. The minimum atomic E-state index is -0.174. The molecule has 2 aromatic heterocycles. The van der Waals surface area contributed by atoms with Crippen LogP contribution in [-0.4, -0.2) is 40.8 Å². The van der Waals surface area contributed by atoms with Crippen molar-refractivity contribution in [1.82, 2.24) is 15.2 Å². The summed E-state index contributed by atoms with van der Waals surface area (Å²) in [5.41, 5.74) is 3.02. The van der Waals surface area contributed by atoms with Crippen molar-refractivity contribution in [3.8, 4) is 16.5 Å². The maximum Gasteiger partial charge on any atom is 0.274 e. The van der Waals surface area contributed by atoms with Gasteiger partial charge in [-0.2, -0.15) is 5.26 Å². The summed E-state index contributed by atoms with van der Waals surface area (Å²) in [7, 11) is 0. The zero-order chi connectivity index (χ0) is 24.1. The Kier molecular flexibility index (Phi) is 5.15. The maximum absolute atomic E-state index is 13.7. The number of aromatic nitrogens is 1. The molecule has 0 radical (unpaired) electrons. The van der Waals surface area contributed by atoms with Crippen molar-refractivity contribution in [1.29, 1.82) is 5.26 Å². The van der Waals surface area contributed by atoms with Gasteiger partial charge in [0.1, 0.15) is 11.3 Å². The molecule has 2 aliphatic rings. The van der Waals surface area contributed by atoms with Crippen LogP contribution in [0.15, 0.2) is 59.2 Å². The van der Waals surface area contributed by atoms with Gasteiger partial charge in [0, 0.05) is 18.5 Å². The quantitative estimate of drug-likeness (QED) is 0.447. The van der Waals surface area contributed by atoms with Gasteiger partial charge in [0.05, 0.1) is 39.4 Å². The molecule has 0 bridgehead atoms. The smallest absolute Gasteiger partial charge is 0.274 e. The fraction of sp³-hybridized carbons (Fsp3) is 0.259. The van der Waals surface area contributed by atoms with Gasteiger partial charge in [-0.25, -0.2) is 4.98 Å². The molecule has 1 saturated carbocycles. The van der Waals surface area contributed by atoms with Crippen molar-refractivity contribution in [3.05, 3.63) is 76.6 Å². The summed E-state index contributed by atoms with van der Waals surface area (Å²) in [6.45, 7) is 2.95. The lowest BCUT2D eigenvalue weighted by atomic mass is 10.1. The molecule has 7 nitrogen and oxygen atoms in total. The zero-order valence-electron chi connectivity index (χ0n) is 19.0. The summed E-state index contributed by atoms with van der Waals surface area (Å²) in [5, 5.41) is 13.9. The topological polar surface area (TPSA) is 99.2 Å². The first-order valence-corrected chi connectivity index (χ1v) is 12.4. The third-order valence-electron chi connectivity index (χ3n) is 6.97. The number of nitrogens with one attached hydrogen (secondary N) is 1. The first-order valence-electron chi connectivity index (χ1n) is 11.6. The van der Waals surface area contributed by atoms with Crippen LogP contribution in [0.3, 0.4) is 0 Å². The van der Waals surface area contributed by atoms with Crippen LogP contribution in [0.25, 0.3) is 21.4 Å². The van der Waals surface area contributed by atoms with E-state index in [1.54, 1.807) is 36.6 Å². The third-order valence-corrected chi connectivity index (χ3v) is 7.99. The van der Waals surface area contributed by atoms with E-state index in [4.69, 9.17) is 4.42 Å². The highest BCUT2D eigenvalue weighted by Gasteiger charge is 2.54. The Morgan fingerprint density at radius 1 is 1.26 bits per heavy atom. The number of likely N-dealkylation sites (tertiary alicyclic amines) is 1. The van der Waals surface area contributed by atoms with Gasteiger partial charge < -0.3 is 14.6 Å². The molecule has 1 saturated heterocycles. The second-order valence-electron chi connectivity index (χ2n) is 9.14. The molecule has 4 aromatic rings. The summed E-state index contributed by atoms with van der Waals surface area (Å²) in [4.78, 5) is 33.9. The normalized spacial score (nSPS) is 20.5. The molecule has 2 fully saturated rings. The number of furan rings is 1. The highest BCUT2D eigenvalue weighted by atomic mass is 32.1. The molecule has 35 heavy (non-hydrogen) atoms. The molecule has 0 unspecified atom stereocenters. The molecule has 1 N–H and O–H groups in total. The number of hydrogen-bond acceptors (Lipinski definition) is 6. The fourth-order valence-corrected chi connectivity index (χ4v) is 6.09. The second-order valence-corrected chi connectivity index (χ2v) is 10.3. The molecule has 3 heterocycles. The molecule has 6 rings (SSSR count). The predicted octanol–water partition coefficient (Wildman–Crippen LogP) is 4.63. The van der Waals surface area contributed by atoms with Crippen LogP contribution in [0.4, 0.5) is 0 Å². The fourth-order valence-electron chi connectivity index (χ4n) is 5.18. The SMILES string of the molecule is Cc1nc(C(=O)N2C[C@H]3C[C@H]3[C@H]2CNC(=O)c2cccc3occc23)c(-c2cccc(C#N)c2)s1. The number of carbonyl (C=O) groups excluding carboxylic acids is 2. The molecular weight excluding hydrogens is 460 g/mol. The van der Waals surface area contributed by atoms with Crippen molar-refractivity contribution in [2.24, 2.45) is 11.8 Å². The highest BCUT2D eigenvalue weighted by molar-refractivity contribution is 7.15. The summed E-state index contributed by atoms with van der Waals surface area (Å²) < 4.78 is 5.42. The first kappa shape index (κ1) is 21.6. The third kappa shape index (κ3) is 3.78. The number of nitrogens with zero attached hydrogens (tertiary/aromatic N) is 3. The molecule has 0 spiro atoms. The van der Waals surface area contributed by atoms with Crippen molar-refractivity contribution in [2.75, 3.05) is 13.1 Å². The Hall–Kier alpha value is -3.96. The first-order chi connectivity index (χ1) is 17.0. The number of carbonyl (C=O) groups is 2. The largest absolute Gasteiger partial charge is 0.464 e. The van der Waals surface area contributed by atoms with E-state index in [0.717, 1.165) is 27.3 Å². The lowest BCUT2D eigenvalue weighted by molar-refractivity contribution is 0.0690. The van der Waals surface area contributed by atoms with E-state index >= 15 is 0 Å². The molecule has 8 heteroatoms. The van der Waals surface area contributed by atoms with E-state index in [9.17, 15) is 14.9 Å². The standard InChI is InChI=1S/C27H22N4O3S/c1-15-30-24(25(35-15)17-5-2-4-16(10-17)12-28)27(33)31-14-18-11-21(18)22(31)13-29-26(32)20-6-3-7-23-19(20)8-9-34-23/h2-10,18,21-22H,11,13-14H2,1H3,(H,29,32)/t18-,21-,22-/m1/s1. The Morgan fingerprint density at radius 2 is 2.11 bits per heavy atom. The van der Waals surface area contributed by atoms with Gasteiger partial charge in [-0.15, -0.1) is 11.3 Å². The summed E-state index contributed by atoms with van der Waals surface area (Å²) >= 11 is 1.46. The average molecular weight is 483 g/mol. The number of fused-ring (bicyclic) bond motifs is 2. The number of amides is 2. The molecule has 3 atom stereocenters. The van der Waals surface area contributed by atoms with Crippen molar-refractivity contribution < 1.29 is 14.0 Å². The van der Waals surface area contributed by atoms with Crippen LogP contribution in [0, 0.1) is 30.1 Å². The van der Waals surface area contributed by atoms with Gasteiger partial charge in [0.2, 0.25) is 0 Å². The van der Waals surface area contributed by atoms with E-state index < -0.39 is 0 Å². The Labute approximate surface area is 206 Å². The molecular formula is C27H22N4O3S. The number of thiazole rings is 1. The lowest BCUT2D eigenvalue weighted by Crippen LogP contribution is -2.45. The van der Waals surface area contributed by atoms with Crippen LogP contribution < -0.4 is 5.32 Å². The Bertz CT molecular complexity index is 1510. The number of nitriles is 1. The van der Waals surface area contributed by atoms with Gasteiger partial charge in [0.15, 0.2) is 0 Å². The van der Waals surface area contributed by atoms with Gasteiger partial charge in [0.25, 0.3) is 11.8 Å². The predicted molar refractivity (Wildman–Crippen MR) is 132 cm³/mol. The van der Waals surface area contributed by atoms with Gasteiger partial charge in [-0.3, -0.25) is 9.59 Å².